The number of fused-ring (bicyclic) bond motifs is 1. The van der Waals surface area contributed by atoms with Crippen molar-refractivity contribution < 1.29 is 9.21 Å². The molecule has 2 heterocycles. The maximum atomic E-state index is 11.9. The zero-order valence-corrected chi connectivity index (χ0v) is 9.25. The summed E-state index contributed by atoms with van der Waals surface area (Å²) < 4.78 is 5.51. The van der Waals surface area contributed by atoms with Gasteiger partial charge in [-0.2, -0.15) is 0 Å². The van der Waals surface area contributed by atoms with Crippen molar-refractivity contribution in [1.29, 1.82) is 0 Å². The zero-order valence-electron chi connectivity index (χ0n) is 8.50. The molecule has 0 spiro atoms. The van der Waals surface area contributed by atoms with Crippen molar-refractivity contribution in [3.63, 3.8) is 0 Å². The maximum absolute atomic E-state index is 11.9. The highest BCUT2D eigenvalue weighted by Gasteiger charge is 2.28. The van der Waals surface area contributed by atoms with Crippen LogP contribution in [0.4, 0.5) is 0 Å². The molecule has 1 N–H and O–H groups in total. The number of furan rings is 1. The van der Waals surface area contributed by atoms with Crippen molar-refractivity contribution in [3.05, 3.63) is 35.0 Å². The molecule has 0 bridgehead atoms. The SMILES string of the molecule is O=C(c1cc2cc(Cl)ccc2o1)C1CNC1. The predicted molar refractivity (Wildman–Crippen MR) is 61.9 cm³/mol. The summed E-state index contributed by atoms with van der Waals surface area (Å²) in [5.41, 5.74) is 0.708. The monoisotopic (exact) mass is 235 g/mol. The number of nitrogens with one attached hydrogen (secondary N) is 1. The molecule has 0 saturated carbocycles. The van der Waals surface area contributed by atoms with Crippen LogP contribution >= 0.6 is 11.6 Å². The van der Waals surface area contributed by atoms with Gasteiger partial charge in [-0.3, -0.25) is 4.79 Å². The van der Waals surface area contributed by atoms with E-state index >= 15 is 0 Å². The van der Waals surface area contributed by atoms with Gasteiger partial charge in [-0.15, -0.1) is 0 Å². The summed E-state index contributed by atoms with van der Waals surface area (Å²) in [7, 11) is 0. The number of benzene rings is 1. The Morgan fingerprint density at radius 2 is 2.19 bits per heavy atom. The Balaban J connectivity index is 2.01. The van der Waals surface area contributed by atoms with E-state index in [0.29, 0.717) is 16.4 Å². The first-order valence-corrected chi connectivity index (χ1v) is 5.56. The van der Waals surface area contributed by atoms with Gasteiger partial charge in [0.25, 0.3) is 0 Å². The first kappa shape index (κ1) is 9.87. The summed E-state index contributed by atoms with van der Waals surface area (Å²) in [6, 6.07) is 7.11. The molecule has 0 atom stereocenters. The van der Waals surface area contributed by atoms with E-state index in [9.17, 15) is 4.79 Å². The molecule has 3 nitrogen and oxygen atoms in total. The lowest BCUT2D eigenvalue weighted by Gasteiger charge is -2.24. The minimum atomic E-state index is 0.0658. The standard InChI is InChI=1S/C12H10ClNO2/c13-9-1-2-10-7(3-9)4-11(16-10)12(15)8-5-14-6-8/h1-4,8,14H,5-6H2. The second-order valence-corrected chi connectivity index (χ2v) is 4.45. The number of rotatable bonds is 2. The van der Waals surface area contributed by atoms with Gasteiger partial charge in [0.05, 0.1) is 5.92 Å². The van der Waals surface area contributed by atoms with E-state index in [1.54, 1.807) is 24.3 Å². The van der Waals surface area contributed by atoms with E-state index in [4.69, 9.17) is 16.0 Å². The van der Waals surface area contributed by atoms with Crippen LogP contribution in [0.2, 0.25) is 5.02 Å². The third-order valence-electron chi connectivity index (χ3n) is 2.87. The molecule has 0 aliphatic carbocycles. The van der Waals surface area contributed by atoms with Gasteiger partial charge in [0.15, 0.2) is 5.76 Å². The highest BCUT2D eigenvalue weighted by atomic mass is 35.5. The molecule has 1 saturated heterocycles. The smallest absolute Gasteiger partial charge is 0.203 e. The highest BCUT2D eigenvalue weighted by Crippen LogP contribution is 2.25. The average Bonchev–Trinajstić information content (AvgIpc) is 2.57. The number of halogens is 1. The number of carbonyl (C=O) groups is 1. The van der Waals surface area contributed by atoms with Crippen LogP contribution in [0.1, 0.15) is 10.6 Å². The lowest BCUT2D eigenvalue weighted by molar-refractivity contribution is 0.0851. The molecule has 1 aliphatic rings. The number of hydrogen-bond acceptors (Lipinski definition) is 3. The van der Waals surface area contributed by atoms with Crippen molar-refractivity contribution in [1.82, 2.24) is 5.32 Å². The van der Waals surface area contributed by atoms with Crippen LogP contribution in [-0.4, -0.2) is 18.9 Å². The van der Waals surface area contributed by atoms with Gasteiger partial charge in [0.1, 0.15) is 5.58 Å². The van der Waals surface area contributed by atoms with Gasteiger partial charge in [-0.25, -0.2) is 0 Å². The van der Waals surface area contributed by atoms with E-state index in [1.165, 1.54) is 0 Å². The molecule has 16 heavy (non-hydrogen) atoms. The fourth-order valence-corrected chi connectivity index (χ4v) is 1.99. The minimum Gasteiger partial charge on any atom is -0.453 e. The van der Waals surface area contributed by atoms with Crippen LogP contribution in [-0.2, 0) is 0 Å². The molecule has 2 aromatic rings. The summed E-state index contributed by atoms with van der Waals surface area (Å²) in [6.45, 7) is 1.49. The molecule has 3 rings (SSSR count). The third kappa shape index (κ3) is 1.52. The van der Waals surface area contributed by atoms with Crippen LogP contribution in [0, 0.1) is 5.92 Å². The normalized spacial score (nSPS) is 16.3. The number of hydrogen-bond donors (Lipinski definition) is 1. The molecule has 1 aromatic carbocycles. The fraction of sp³-hybridized carbons (Fsp3) is 0.250. The van der Waals surface area contributed by atoms with Gasteiger partial charge in [0, 0.05) is 23.5 Å². The molecule has 0 radical (unpaired) electrons. The zero-order chi connectivity index (χ0) is 11.1. The van der Waals surface area contributed by atoms with Crippen molar-refractivity contribution >= 4 is 28.4 Å². The Bertz CT molecular complexity index is 557. The molecule has 1 fully saturated rings. The lowest BCUT2D eigenvalue weighted by Crippen LogP contribution is -2.46. The van der Waals surface area contributed by atoms with Crippen molar-refractivity contribution in [2.24, 2.45) is 5.92 Å². The number of carbonyl (C=O) groups excluding carboxylic acids is 1. The first-order valence-electron chi connectivity index (χ1n) is 5.18. The Kier molecular flexibility index (Phi) is 2.23. The average molecular weight is 236 g/mol. The van der Waals surface area contributed by atoms with E-state index in [-0.39, 0.29) is 11.7 Å². The molecule has 1 aliphatic heterocycles. The highest BCUT2D eigenvalue weighted by molar-refractivity contribution is 6.31. The van der Waals surface area contributed by atoms with Crippen LogP contribution in [0.3, 0.4) is 0 Å². The van der Waals surface area contributed by atoms with Crippen LogP contribution < -0.4 is 5.32 Å². The van der Waals surface area contributed by atoms with Gasteiger partial charge < -0.3 is 9.73 Å². The van der Waals surface area contributed by atoms with E-state index in [1.807, 2.05) is 0 Å². The molecular weight excluding hydrogens is 226 g/mol. The Morgan fingerprint density at radius 3 is 2.88 bits per heavy atom. The molecular formula is C12H10ClNO2. The summed E-state index contributed by atoms with van der Waals surface area (Å²) in [5, 5.41) is 4.60. The Hall–Kier alpha value is -1.32. The number of ketones is 1. The Morgan fingerprint density at radius 1 is 1.38 bits per heavy atom. The van der Waals surface area contributed by atoms with E-state index in [2.05, 4.69) is 5.32 Å². The van der Waals surface area contributed by atoms with Crippen molar-refractivity contribution in [3.8, 4) is 0 Å². The lowest BCUT2D eigenvalue weighted by atomic mass is 9.96. The first-order chi connectivity index (χ1) is 7.74. The van der Waals surface area contributed by atoms with Gasteiger partial charge >= 0.3 is 0 Å². The van der Waals surface area contributed by atoms with Gasteiger partial charge in [0.2, 0.25) is 5.78 Å². The van der Waals surface area contributed by atoms with Crippen LogP contribution in [0.5, 0.6) is 0 Å². The van der Waals surface area contributed by atoms with Crippen molar-refractivity contribution in [2.45, 2.75) is 0 Å². The summed E-state index contributed by atoms with van der Waals surface area (Å²) in [4.78, 5) is 11.9. The summed E-state index contributed by atoms with van der Waals surface area (Å²) in [5.74, 6) is 0.575. The second kappa shape index (κ2) is 3.61. The van der Waals surface area contributed by atoms with Crippen LogP contribution in [0.15, 0.2) is 28.7 Å². The largest absolute Gasteiger partial charge is 0.453 e. The van der Waals surface area contributed by atoms with Gasteiger partial charge in [-0.05, 0) is 24.3 Å². The fourth-order valence-electron chi connectivity index (χ4n) is 1.81. The molecule has 4 heteroatoms. The van der Waals surface area contributed by atoms with E-state index < -0.39 is 0 Å². The predicted octanol–water partition coefficient (Wildman–Crippen LogP) is 2.49. The second-order valence-electron chi connectivity index (χ2n) is 4.01. The summed E-state index contributed by atoms with van der Waals surface area (Å²) >= 11 is 5.87. The molecule has 1 aromatic heterocycles. The molecule has 82 valence electrons. The Labute approximate surface area is 97.4 Å². The summed E-state index contributed by atoms with van der Waals surface area (Å²) in [6.07, 6.45) is 0. The quantitative estimate of drug-likeness (QED) is 0.814. The van der Waals surface area contributed by atoms with Crippen molar-refractivity contribution in [2.75, 3.05) is 13.1 Å². The van der Waals surface area contributed by atoms with E-state index in [0.717, 1.165) is 18.5 Å². The molecule has 0 unspecified atom stereocenters. The minimum absolute atomic E-state index is 0.0658. The van der Waals surface area contributed by atoms with Gasteiger partial charge in [-0.1, -0.05) is 11.6 Å². The topological polar surface area (TPSA) is 42.2 Å². The maximum Gasteiger partial charge on any atom is 0.203 e. The third-order valence-corrected chi connectivity index (χ3v) is 3.11. The molecule has 0 amide bonds. The number of Topliss-reactive ketones (excluding diaryl/α,β-unsaturated/α-hetero) is 1. The van der Waals surface area contributed by atoms with Crippen LogP contribution in [0.25, 0.3) is 11.0 Å².